The van der Waals surface area contributed by atoms with Gasteiger partial charge < -0.3 is 28.0 Å². The van der Waals surface area contributed by atoms with Gasteiger partial charge in [0.05, 0.1) is 0 Å². The number of carbonyl (C=O) groups excluding carboxylic acids is 2. The summed E-state index contributed by atoms with van der Waals surface area (Å²) in [5, 5.41) is 10.2. The van der Waals surface area contributed by atoms with Crippen LogP contribution in [0.5, 0.6) is 5.75 Å². The van der Waals surface area contributed by atoms with Crippen LogP contribution in [0.15, 0.2) is 54.6 Å². The minimum absolute atomic E-state index is 0.0974. The number of benzene rings is 3. The van der Waals surface area contributed by atoms with Crippen LogP contribution >= 0.6 is 0 Å². The maximum atomic E-state index is 11.8. The van der Waals surface area contributed by atoms with Gasteiger partial charge in [0, 0.05) is 33.6 Å². The number of amides is 2. The summed E-state index contributed by atoms with van der Waals surface area (Å²) >= 11 is 0. The Bertz CT molecular complexity index is 995. The number of primary amides is 2. The summed E-state index contributed by atoms with van der Waals surface area (Å²) in [6.45, 7) is 0. The highest BCUT2D eigenvalue weighted by molar-refractivity contribution is 6.05. The van der Waals surface area contributed by atoms with E-state index in [9.17, 15) is 14.7 Å². The first-order valence-electron chi connectivity index (χ1n) is 8.01. The monoisotopic (exact) mass is 362 g/mol. The van der Waals surface area contributed by atoms with E-state index in [0.717, 1.165) is 0 Å². The van der Waals surface area contributed by atoms with E-state index >= 15 is 0 Å². The summed E-state index contributed by atoms with van der Waals surface area (Å²) in [5.74, 6) is -1.40. The van der Waals surface area contributed by atoms with E-state index in [0.29, 0.717) is 33.6 Å². The Kier molecular flexibility index (Phi) is 4.43. The summed E-state index contributed by atoms with van der Waals surface area (Å²) in [4.78, 5) is 23.6. The molecule has 0 aromatic heterocycles. The molecule has 0 saturated heterocycles. The summed E-state index contributed by atoms with van der Waals surface area (Å²) in [6, 6.07) is 14.1. The molecule has 27 heavy (non-hydrogen) atoms. The maximum Gasteiger partial charge on any atom is 0.249 e. The Morgan fingerprint density at radius 3 is 1.48 bits per heavy atom. The fourth-order valence-corrected chi connectivity index (χ4v) is 3.10. The molecule has 0 fully saturated rings. The number of anilines is 2. The molecule has 3 aromatic carbocycles. The van der Waals surface area contributed by atoms with E-state index in [4.69, 9.17) is 22.9 Å². The van der Waals surface area contributed by atoms with Crippen molar-refractivity contribution in [2.24, 2.45) is 11.5 Å². The first kappa shape index (κ1) is 17.8. The number of phenolic OH excluding ortho intramolecular Hbond substituents is 1. The van der Waals surface area contributed by atoms with Crippen LogP contribution < -0.4 is 22.9 Å². The highest BCUT2D eigenvalue weighted by Crippen LogP contribution is 2.38. The van der Waals surface area contributed by atoms with Crippen molar-refractivity contribution in [3.8, 4) is 28.0 Å². The SMILES string of the molecule is NC(=O)c1cccc(N)c1-c1cc(O)cc(-c2c(N)cccc2C(N)=O)c1. The Balaban J connectivity index is 2.31. The first-order valence-corrected chi connectivity index (χ1v) is 8.01. The van der Waals surface area contributed by atoms with Gasteiger partial charge in [-0.15, -0.1) is 0 Å². The van der Waals surface area contributed by atoms with Crippen molar-refractivity contribution in [1.29, 1.82) is 0 Å². The second-order valence-corrected chi connectivity index (χ2v) is 6.04. The fraction of sp³-hybridized carbons (Fsp3) is 0. The van der Waals surface area contributed by atoms with Crippen LogP contribution in [0.2, 0.25) is 0 Å². The molecule has 0 aliphatic rings. The van der Waals surface area contributed by atoms with E-state index in [1.807, 2.05) is 0 Å². The molecule has 0 bridgehead atoms. The predicted molar refractivity (Wildman–Crippen MR) is 105 cm³/mol. The van der Waals surface area contributed by atoms with Gasteiger partial charge in [-0.1, -0.05) is 12.1 Å². The van der Waals surface area contributed by atoms with Crippen molar-refractivity contribution >= 4 is 23.2 Å². The molecule has 0 saturated carbocycles. The smallest absolute Gasteiger partial charge is 0.249 e. The molecule has 3 aromatic rings. The summed E-state index contributed by atoms with van der Waals surface area (Å²) in [6.07, 6.45) is 0. The largest absolute Gasteiger partial charge is 0.508 e. The van der Waals surface area contributed by atoms with Crippen molar-refractivity contribution in [3.05, 3.63) is 65.7 Å². The summed E-state index contributed by atoms with van der Waals surface area (Å²) in [7, 11) is 0. The third-order valence-corrected chi connectivity index (χ3v) is 4.22. The van der Waals surface area contributed by atoms with Gasteiger partial charge in [0.25, 0.3) is 0 Å². The second kappa shape index (κ2) is 6.72. The zero-order valence-electron chi connectivity index (χ0n) is 14.3. The molecular formula is C20H18N4O3. The predicted octanol–water partition coefficient (Wildman–Crippen LogP) is 2.09. The van der Waals surface area contributed by atoms with Crippen molar-refractivity contribution in [3.63, 3.8) is 0 Å². The van der Waals surface area contributed by atoms with Gasteiger partial charge in [-0.25, -0.2) is 0 Å². The van der Waals surface area contributed by atoms with Crippen molar-refractivity contribution in [1.82, 2.24) is 0 Å². The molecule has 9 N–H and O–H groups in total. The van der Waals surface area contributed by atoms with Crippen molar-refractivity contribution in [2.45, 2.75) is 0 Å². The highest BCUT2D eigenvalue weighted by atomic mass is 16.3. The topological polar surface area (TPSA) is 158 Å². The third-order valence-electron chi connectivity index (χ3n) is 4.22. The van der Waals surface area contributed by atoms with Gasteiger partial charge in [-0.3, -0.25) is 9.59 Å². The standard InChI is InChI=1S/C20H18N4O3/c21-15-5-1-3-13(19(23)26)17(15)10-7-11(9-12(25)8-10)18-14(20(24)27)4-2-6-16(18)22/h1-9,25H,21-22H2,(H2,23,26)(H2,24,27). The Labute approximate surface area is 155 Å². The number of phenols is 1. The maximum absolute atomic E-state index is 11.8. The normalized spacial score (nSPS) is 10.5. The van der Waals surface area contributed by atoms with E-state index in [2.05, 4.69) is 0 Å². The van der Waals surface area contributed by atoms with Crippen LogP contribution in [-0.4, -0.2) is 16.9 Å². The summed E-state index contributed by atoms with van der Waals surface area (Å²) in [5.41, 5.74) is 25.8. The van der Waals surface area contributed by atoms with Crippen LogP contribution in [0.4, 0.5) is 11.4 Å². The van der Waals surface area contributed by atoms with E-state index in [1.165, 1.54) is 12.1 Å². The van der Waals surface area contributed by atoms with Crippen LogP contribution in [0, 0.1) is 0 Å². The van der Waals surface area contributed by atoms with Gasteiger partial charge >= 0.3 is 0 Å². The van der Waals surface area contributed by atoms with Crippen molar-refractivity contribution < 1.29 is 14.7 Å². The average Bonchev–Trinajstić information content (AvgIpc) is 2.60. The first-order chi connectivity index (χ1) is 12.8. The van der Waals surface area contributed by atoms with Crippen LogP contribution in [-0.2, 0) is 0 Å². The number of hydrogen-bond donors (Lipinski definition) is 5. The molecule has 136 valence electrons. The molecular weight excluding hydrogens is 344 g/mol. The van der Waals surface area contributed by atoms with Gasteiger partial charge in [-0.05, 0) is 53.6 Å². The third kappa shape index (κ3) is 3.25. The van der Waals surface area contributed by atoms with E-state index in [-0.39, 0.29) is 16.9 Å². The van der Waals surface area contributed by atoms with Gasteiger partial charge in [-0.2, -0.15) is 0 Å². The minimum Gasteiger partial charge on any atom is -0.508 e. The van der Waals surface area contributed by atoms with Gasteiger partial charge in [0.2, 0.25) is 11.8 Å². The lowest BCUT2D eigenvalue weighted by molar-refractivity contribution is 0.0992. The molecule has 0 aliphatic carbocycles. The zero-order chi connectivity index (χ0) is 19.7. The molecule has 0 atom stereocenters. The van der Waals surface area contributed by atoms with Crippen LogP contribution in [0.3, 0.4) is 0 Å². The average molecular weight is 362 g/mol. The molecule has 0 radical (unpaired) electrons. The van der Waals surface area contributed by atoms with Crippen LogP contribution in [0.25, 0.3) is 22.3 Å². The van der Waals surface area contributed by atoms with Crippen molar-refractivity contribution in [2.75, 3.05) is 11.5 Å². The number of aromatic hydroxyl groups is 1. The molecule has 0 unspecified atom stereocenters. The Morgan fingerprint density at radius 2 is 1.11 bits per heavy atom. The number of rotatable bonds is 4. The number of nitrogens with two attached hydrogens (primary N) is 4. The lowest BCUT2D eigenvalue weighted by Gasteiger charge is -2.15. The lowest BCUT2D eigenvalue weighted by atomic mass is 9.91. The number of carbonyl (C=O) groups is 2. The van der Waals surface area contributed by atoms with Gasteiger partial charge in [0.1, 0.15) is 5.75 Å². The fourth-order valence-electron chi connectivity index (χ4n) is 3.10. The van der Waals surface area contributed by atoms with Crippen LogP contribution in [0.1, 0.15) is 20.7 Å². The second-order valence-electron chi connectivity index (χ2n) is 6.04. The Hall–Kier alpha value is -4.00. The molecule has 3 rings (SSSR count). The van der Waals surface area contributed by atoms with Gasteiger partial charge in [0.15, 0.2) is 0 Å². The zero-order valence-corrected chi connectivity index (χ0v) is 14.3. The van der Waals surface area contributed by atoms with E-state index < -0.39 is 11.8 Å². The molecule has 0 heterocycles. The lowest BCUT2D eigenvalue weighted by Crippen LogP contribution is -2.14. The molecule has 0 spiro atoms. The quantitative estimate of drug-likeness (QED) is 0.449. The highest BCUT2D eigenvalue weighted by Gasteiger charge is 2.18. The Morgan fingerprint density at radius 1 is 0.704 bits per heavy atom. The molecule has 2 amide bonds. The molecule has 7 heteroatoms. The molecule has 0 aliphatic heterocycles. The van der Waals surface area contributed by atoms with E-state index in [1.54, 1.807) is 42.5 Å². The number of hydrogen-bond acceptors (Lipinski definition) is 5. The minimum atomic E-state index is -0.653. The summed E-state index contributed by atoms with van der Waals surface area (Å²) < 4.78 is 0. The number of nitrogen functional groups attached to an aromatic ring is 2. The molecule has 7 nitrogen and oxygen atoms in total.